The summed E-state index contributed by atoms with van der Waals surface area (Å²) >= 11 is 15.3. The maximum atomic E-state index is 15.2. The number of hydrogen-bond acceptors (Lipinski definition) is 6. The van der Waals surface area contributed by atoms with Crippen molar-refractivity contribution in [1.29, 1.82) is 5.26 Å². The second-order valence-electron chi connectivity index (χ2n) is 7.49. The van der Waals surface area contributed by atoms with E-state index in [2.05, 4.69) is 21.2 Å². The number of nitrogens with one attached hydrogen (secondary N) is 2. The van der Waals surface area contributed by atoms with Crippen LogP contribution in [0.2, 0.25) is 10.0 Å². The van der Waals surface area contributed by atoms with Crippen molar-refractivity contribution in [3.8, 4) is 17.6 Å². The second-order valence-corrected chi connectivity index (χ2v) is 10.9. The van der Waals surface area contributed by atoms with Gasteiger partial charge in [0.2, 0.25) is 11.8 Å². The fraction of sp³-hybridized carbons (Fsp3) is 0.125. The number of hydrogen-bond donors (Lipinski definition) is 2. The number of carbonyl (C=O) groups excluding carboxylic acids is 2. The fourth-order valence-corrected chi connectivity index (χ4v) is 5.01. The van der Waals surface area contributed by atoms with E-state index in [0.717, 1.165) is 6.07 Å². The van der Waals surface area contributed by atoms with Crippen molar-refractivity contribution in [3.63, 3.8) is 0 Å². The molecule has 8 nitrogen and oxygen atoms in total. The molecule has 38 heavy (non-hydrogen) atoms. The molecule has 0 saturated carbocycles. The molecule has 0 spiro atoms. The third-order valence-electron chi connectivity index (χ3n) is 4.79. The van der Waals surface area contributed by atoms with Crippen molar-refractivity contribution in [2.45, 2.75) is 24.7 Å². The van der Waals surface area contributed by atoms with Crippen molar-refractivity contribution < 1.29 is 27.1 Å². The van der Waals surface area contributed by atoms with Crippen LogP contribution in [0.15, 0.2) is 57.9 Å². The Hall–Kier alpha value is -2.17. The SMILES string of the molecule is CCC(=O)NS(=O)(=O)c1ccc(NC(=O)Cc2ccc(Br)c(Oc3cc(Cl)cc(C#N)c3)c2F)c(Cl)c1.[Na]. The Labute approximate surface area is 258 Å². The van der Waals surface area contributed by atoms with E-state index in [0.29, 0.717) is 0 Å². The number of nitrogens with zero attached hydrogens (tertiary/aromatic N) is 1. The molecule has 14 heteroatoms. The summed E-state index contributed by atoms with van der Waals surface area (Å²) in [5, 5.41) is 11.7. The van der Waals surface area contributed by atoms with E-state index < -0.39 is 34.1 Å². The van der Waals surface area contributed by atoms with Gasteiger partial charge in [0, 0.05) is 46.6 Å². The maximum absolute atomic E-state index is 15.2. The summed E-state index contributed by atoms with van der Waals surface area (Å²) in [6, 6.07) is 12.5. The molecule has 0 fully saturated rings. The Balaban J connectivity index is 0.00000507. The zero-order chi connectivity index (χ0) is 27.3. The summed E-state index contributed by atoms with van der Waals surface area (Å²) < 4.78 is 47.5. The van der Waals surface area contributed by atoms with Gasteiger partial charge in [-0.1, -0.05) is 36.2 Å². The van der Waals surface area contributed by atoms with Crippen molar-refractivity contribution in [2.24, 2.45) is 0 Å². The van der Waals surface area contributed by atoms with Crippen LogP contribution >= 0.6 is 39.1 Å². The molecule has 0 aliphatic rings. The van der Waals surface area contributed by atoms with Gasteiger partial charge in [0.05, 0.1) is 38.1 Å². The predicted octanol–water partition coefficient (Wildman–Crippen LogP) is 5.57. The molecule has 2 N–H and O–H groups in total. The van der Waals surface area contributed by atoms with Gasteiger partial charge >= 0.3 is 0 Å². The molecule has 0 saturated heterocycles. The Morgan fingerprint density at radius 1 is 1.11 bits per heavy atom. The standard InChI is InChI=1S/C24H17BrCl2FN3O5S.Na/c1-2-21(32)31-37(34,35)17-4-6-20(19(27)11-17)30-22(33)9-14-3-5-18(25)24(23(14)28)36-16-8-13(12-29)7-15(26)10-16;/h3-8,10-11H,2,9H2,1H3,(H,30,33)(H,31,32);. The Bertz CT molecular complexity index is 1550. The molecule has 0 bridgehead atoms. The smallest absolute Gasteiger partial charge is 0.264 e. The molecular formula is C24H17BrCl2FN3NaO5S. The Morgan fingerprint density at radius 2 is 1.82 bits per heavy atom. The summed E-state index contributed by atoms with van der Waals surface area (Å²) in [6.45, 7) is 1.50. The van der Waals surface area contributed by atoms with Gasteiger partial charge in [0.1, 0.15) is 5.75 Å². The van der Waals surface area contributed by atoms with E-state index in [1.807, 2.05) is 10.8 Å². The molecule has 3 rings (SSSR count). The molecule has 193 valence electrons. The molecule has 2 amide bonds. The van der Waals surface area contributed by atoms with Crippen molar-refractivity contribution in [3.05, 3.63) is 80.0 Å². The number of sulfonamides is 1. The van der Waals surface area contributed by atoms with Gasteiger partial charge in [0.15, 0.2) is 11.6 Å². The van der Waals surface area contributed by atoms with Crippen LogP contribution in [0.25, 0.3) is 0 Å². The van der Waals surface area contributed by atoms with Crippen molar-refractivity contribution in [1.82, 2.24) is 4.72 Å². The summed E-state index contributed by atoms with van der Waals surface area (Å²) in [6.07, 6.45) is -0.433. The summed E-state index contributed by atoms with van der Waals surface area (Å²) in [5.41, 5.74) is 0.304. The molecular weight excluding hydrogens is 635 g/mol. The molecule has 3 aromatic rings. The van der Waals surface area contributed by atoms with Gasteiger partial charge in [-0.05, 0) is 58.4 Å². The molecule has 3 aromatic carbocycles. The molecule has 0 atom stereocenters. The topological polar surface area (TPSA) is 125 Å². The number of anilines is 1. The predicted molar refractivity (Wildman–Crippen MR) is 146 cm³/mol. The van der Waals surface area contributed by atoms with Crippen LogP contribution in [0.1, 0.15) is 24.5 Å². The zero-order valence-electron chi connectivity index (χ0n) is 19.9. The quantitative estimate of drug-likeness (QED) is 0.307. The Kier molecular flexibility index (Phi) is 11.6. The molecule has 0 heterocycles. The van der Waals surface area contributed by atoms with E-state index in [9.17, 15) is 18.0 Å². The van der Waals surface area contributed by atoms with Crippen LogP contribution in [0.5, 0.6) is 11.5 Å². The molecule has 1 radical (unpaired) electrons. The van der Waals surface area contributed by atoms with Gasteiger partial charge in [-0.3, -0.25) is 9.59 Å². The van der Waals surface area contributed by atoms with Crippen LogP contribution in [-0.2, 0) is 26.0 Å². The molecule has 0 aliphatic carbocycles. The number of benzene rings is 3. The molecule has 0 aromatic heterocycles. The second kappa shape index (κ2) is 13.8. The first-order chi connectivity index (χ1) is 17.4. The van der Waals surface area contributed by atoms with Gasteiger partial charge in [-0.2, -0.15) is 5.26 Å². The van der Waals surface area contributed by atoms with Gasteiger partial charge in [0.25, 0.3) is 10.0 Å². The first-order valence-electron chi connectivity index (χ1n) is 10.4. The number of halogens is 4. The number of ether oxygens (including phenoxy) is 1. The molecule has 0 aliphatic heterocycles. The van der Waals surface area contributed by atoms with E-state index in [1.54, 1.807) is 0 Å². The minimum Gasteiger partial charge on any atom is -0.453 e. The zero-order valence-corrected chi connectivity index (χ0v) is 25.9. The maximum Gasteiger partial charge on any atom is 0.264 e. The van der Waals surface area contributed by atoms with Crippen molar-refractivity contribution in [2.75, 3.05) is 5.32 Å². The van der Waals surface area contributed by atoms with Crippen LogP contribution in [0.3, 0.4) is 0 Å². The van der Waals surface area contributed by atoms with Crippen LogP contribution in [0, 0.1) is 17.1 Å². The summed E-state index contributed by atoms with van der Waals surface area (Å²) in [7, 11) is -4.13. The van der Waals surface area contributed by atoms with Crippen LogP contribution in [-0.4, -0.2) is 49.8 Å². The molecule has 0 unspecified atom stereocenters. The first-order valence-corrected chi connectivity index (χ1v) is 13.5. The van der Waals surface area contributed by atoms with Crippen molar-refractivity contribution >= 4 is 96.2 Å². The first kappa shape index (κ1) is 32.0. The minimum atomic E-state index is -4.13. The number of amides is 2. The van der Waals surface area contributed by atoms with E-state index >= 15 is 4.39 Å². The fourth-order valence-electron chi connectivity index (χ4n) is 3.02. The monoisotopic (exact) mass is 650 g/mol. The average molecular weight is 652 g/mol. The number of nitriles is 1. The average Bonchev–Trinajstić information content (AvgIpc) is 2.84. The summed E-state index contributed by atoms with van der Waals surface area (Å²) in [4.78, 5) is 23.8. The van der Waals surface area contributed by atoms with Gasteiger partial charge in [-0.25, -0.2) is 17.5 Å². The van der Waals surface area contributed by atoms with Gasteiger partial charge in [-0.15, -0.1) is 0 Å². The third-order valence-corrected chi connectivity index (χ3v) is 7.32. The third kappa shape index (κ3) is 8.16. The van der Waals surface area contributed by atoms with Crippen LogP contribution < -0.4 is 14.8 Å². The van der Waals surface area contributed by atoms with E-state index in [4.69, 9.17) is 33.2 Å². The number of carbonyl (C=O) groups is 2. The summed E-state index contributed by atoms with van der Waals surface area (Å²) in [5.74, 6) is -2.23. The van der Waals surface area contributed by atoms with E-state index in [1.165, 1.54) is 49.4 Å². The van der Waals surface area contributed by atoms with Crippen LogP contribution in [0.4, 0.5) is 10.1 Å². The number of rotatable bonds is 8. The Morgan fingerprint density at radius 3 is 2.45 bits per heavy atom. The largest absolute Gasteiger partial charge is 0.453 e. The van der Waals surface area contributed by atoms with E-state index in [-0.39, 0.29) is 83.7 Å². The normalized spacial score (nSPS) is 10.6. The van der Waals surface area contributed by atoms with Gasteiger partial charge < -0.3 is 10.1 Å². The minimum absolute atomic E-state index is 0.